The highest BCUT2D eigenvalue weighted by Gasteiger charge is 2.10. The number of aryl methyl sites for hydroxylation is 1. The number of benzene rings is 1. The molecule has 0 bridgehead atoms. The van der Waals surface area contributed by atoms with E-state index >= 15 is 0 Å². The number of nitrogen functional groups attached to an aromatic ring is 1. The number of aromatic amines is 1. The minimum absolute atomic E-state index is 0.0610. The molecule has 0 atom stereocenters. The number of nitrogens with two attached hydrogens (primary N) is 1. The Balaban J connectivity index is 2.45. The Bertz CT molecular complexity index is 698. The average molecular weight is 295 g/mol. The minimum Gasteiger partial charge on any atom is -0.384 e. The number of rotatable bonds is 3. The monoisotopic (exact) mass is 294 g/mol. The molecule has 98 valence electrons. The molecular weight excluding hydrogens is 284 g/mol. The molecule has 0 spiro atoms. The Morgan fingerprint density at radius 1 is 1.47 bits per heavy atom. The maximum atomic E-state index is 11.4. The van der Waals surface area contributed by atoms with Gasteiger partial charge in [0, 0.05) is 27.2 Å². The SMILES string of the molecule is Cc1cc(=O)[nH]c(Sc2cc(Cl)ccc2C(=N)N)n1. The van der Waals surface area contributed by atoms with Gasteiger partial charge in [0.25, 0.3) is 5.56 Å². The zero-order valence-electron chi connectivity index (χ0n) is 10.0. The van der Waals surface area contributed by atoms with Crippen LogP contribution in [0.5, 0.6) is 0 Å². The summed E-state index contributed by atoms with van der Waals surface area (Å²) in [6, 6.07) is 6.43. The number of nitrogens with zero attached hydrogens (tertiary/aromatic N) is 1. The first kappa shape index (κ1) is 13.6. The highest BCUT2D eigenvalue weighted by atomic mass is 35.5. The first-order valence-corrected chi connectivity index (χ1v) is 6.55. The smallest absolute Gasteiger partial charge is 0.251 e. The van der Waals surface area contributed by atoms with Crippen LogP contribution in [-0.4, -0.2) is 15.8 Å². The van der Waals surface area contributed by atoms with Gasteiger partial charge in [0.1, 0.15) is 5.84 Å². The zero-order valence-corrected chi connectivity index (χ0v) is 11.6. The summed E-state index contributed by atoms with van der Waals surface area (Å²) in [7, 11) is 0. The quantitative estimate of drug-likeness (QED) is 0.459. The summed E-state index contributed by atoms with van der Waals surface area (Å²) >= 11 is 7.15. The van der Waals surface area contributed by atoms with Crippen LogP contribution in [-0.2, 0) is 0 Å². The second-order valence-corrected chi connectivity index (χ2v) is 5.32. The van der Waals surface area contributed by atoms with Gasteiger partial charge in [-0.15, -0.1) is 0 Å². The molecule has 4 N–H and O–H groups in total. The molecule has 0 amide bonds. The maximum Gasteiger partial charge on any atom is 0.251 e. The van der Waals surface area contributed by atoms with Crippen molar-refractivity contribution in [1.29, 1.82) is 5.41 Å². The fourth-order valence-corrected chi connectivity index (χ4v) is 2.77. The number of aromatic nitrogens is 2. The molecule has 2 aromatic rings. The predicted molar refractivity (Wildman–Crippen MR) is 76.2 cm³/mol. The topological polar surface area (TPSA) is 95.6 Å². The molecule has 19 heavy (non-hydrogen) atoms. The molecule has 7 heteroatoms. The Morgan fingerprint density at radius 3 is 2.84 bits per heavy atom. The van der Waals surface area contributed by atoms with Gasteiger partial charge >= 0.3 is 0 Å². The number of hydrogen-bond donors (Lipinski definition) is 3. The van der Waals surface area contributed by atoms with E-state index in [-0.39, 0.29) is 11.4 Å². The number of halogens is 1. The van der Waals surface area contributed by atoms with Crippen molar-refractivity contribution in [3.05, 3.63) is 50.9 Å². The van der Waals surface area contributed by atoms with E-state index in [1.807, 2.05) is 0 Å². The van der Waals surface area contributed by atoms with Crippen LogP contribution in [0.2, 0.25) is 5.02 Å². The van der Waals surface area contributed by atoms with Crippen molar-refractivity contribution >= 4 is 29.2 Å². The van der Waals surface area contributed by atoms with Gasteiger partial charge in [-0.2, -0.15) is 0 Å². The molecule has 0 aliphatic heterocycles. The normalized spacial score (nSPS) is 10.4. The summed E-state index contributed by atoms with van der Waals surface area (Å²) in [5.74, 6) is -0.0610. The second kappa shape index (κ2) is 5.46. The third kappa shape index (κ3) is 3.36. The van der Waals surface area contributed by atoms with Crippen molar-refractivity contribution < 1.29 is 0 Å². The van der Waals surface area contributed by atoms with Crippen molar-refractivity contribution in [3.63, 3.8) is 0 Å². The molecule has 0 fully saturated rings. The average Bonchev–Trinajstić information content (AvgIpc) is 2.26. The molecule has 0 aliphatic carbocycles. The molecule has 0 radical (unpaired) electrons. The molecule has 0 saturated carbocycles. The van der Waals surface area contributed by atoms with Crippen LogP contribution in [0.25, 0.3) is 0 Å². The van der Waals surface area contributed by atoms with Crippen LogP contribution in [0.1, 0.15) is 11.3 Å². The van der Waals surface area contributed by atoms with Crippen molar-refractivity contribution in [1.82, 2.24) is 9.97 Å². The van der Waals surface area contributed by atoms with E-state index in [4.69, 9.17) is 22.7 Å². The fraction of sp³-hybridized carbons (Fsp3) is 0.0833. The first-order valence-electron chi connectivity index (χ1n) is 5.35. The number of amidine groups is 1. The van der Waals surface area contributed by atoms with Crippen LogP contribution >= 0.6 is 23.4 Å². The molecule has 5 nitrogen and oxygen atoms in total. The van der Waals surface area contributed by atoms with E-state index in [2.05, 4.69) is 9.97 Å². The van der Waals surface area contributed by atoms with Gasteiger partial charge in [-0.05, 0) is 25.1 Å². The predicted octanol–water partition coefficient (Wildman–Crippen LogP) is 2.17. The van der Waals surface area contributed by atoms with E-state index in [9.17, 15) is 4.79 Å². The third-order valence-electron chi connectivity index (χ3n) is 2.29. The van der Waals surface area contributed by atoms with Crippen LogP contribution < -0.4 is 11.3 Å². The number of hydrogen-bond acceptors (Lipinski definition) is 4. The lowest BCUT2D eigenvalue weighted by Crippen LogP contribution is -2.13. The molecule has 1 aromatic carbocycles. The van der Waals surface area contributed by atoms with Gasteiger partial charge in [-0.1, -0.05) is 23.4 Å². The van der Waals surface area contributed by atoms with E-state index < -0.39 is 0 Å². The number of H-pyrrole nitrogens is 1. The molecule has 2 rings (SSSR count). The molecule has 1 heterocycles. The fourth-order valence-electron chi connectivity index (χ4n) is 1.51. The van der Waals surface area contributed by atoms with Gasteiger partial charge in [-0.25, -0.2) is 4.98 Å². The molecular formula is C12H11ClN4OS. The van der Waals surface area contributed by atoms with Gasteiger partial charge in [0.05, 0.1) is 0 Å². The minimum atomic E-state index is -0.221. The van der Waals surface area contributed by atoms with Crippen LogP contribution in [0.4, 0.5) is 0 Å². The highest BCUT2D eigenvalue weighted by molar-refractivity contribution is 7.99. The molecule has 0 aliphatic rings. The van der Waals surface area contributed by atoms with Crippen LogP contribution in [0.15, 0.2) is 39.1 Å². The van der Waals surface area contributed by atoms with Crippen molar-refractivity contribution in [2.24, 2.45) is 5.73 Å². The van der Waals surface area contributed by atoms with Crippen LogP contribution in [0.3, 0.4) is 0 Å². The summed E-state index contributed by atoms with van der Waals surface area (Å²) in [5, 5.41) is 8.50. The van der Waals surface area contributed by atoms with Crippen molar-refractivity contribution in [2.45, 2.75) is 17.0 Å². The van der Waals surface area contributed by atoms with Gasteiger partial charge in [-0.3, -0.25) is 10.2 Å². The van der Waals surface area contributed by atoms with E-state index in [1.54, 1.807) is 25.1 Å². The zero-order chi connectivity index (χ0) is 14.0. The number of nitrogens with one attached hydrogen (secondary N) is 2. The summed E-state index contributed by atoms with van der Waals surface area (Å²) in [5.41, 5.74) is 6.47. The lowest BCUT2D eigenvalue weighted by molar-refractivity contribution is 0.905. The summed E-state index contributed by atoms with van der Waals surface area (Å²) in [6.07, 6.45) is 0. The van der Waals surface area contributed by atoms with Crippen LogP contribution in [0, 0.1) is 12.3 Å². The highest BCUT2D eigenvalue weighted by Crippen LogP contribution is 2.29. The second-order valence-electron chi connectivity index (χ2n) is 3.85. The standard InChI is InChI=1S/C12H11ClN4OS/c1-6-4-10(18)17-12(16-6)19-9-5-7(13)2-3-8(9)11(14)15/h2-5H,1H3,(H3,14,15)(H,16,17,18). The Hall–Kier alpha value is -1.79. The van der Waals surface area contributed by atoms with Gasteiger partial charge in [0.2, 0.25) is 0 Å². The van der Waals surface area contributed by atoms with Gasteiger partial charge in [0.15, 0.2) is 5.16 Å². The van der Waals surface area contributed by atoms with E-state index in [0.717, 1.165) is 0 Å². The summed E-state index contributed by atoms with van der Waals surface area (Å²) in [6.45, 7) is 1.74. The first-order chi connectivity index (χ1) is 8.95. The molecule has 1 aromatic heterocycles. The maximum absolute atomic E-state index is 11.4. The van der Waals surface area contributed by atoms with Crippen molar-refractivity contribution in [3.8, 4) is 0 Å². The lowest BCUT2D eigenvalue weighted by atomic mass is 10.2. The van der Waals surface area contributed by atoms with E-state index in [0.29, 0.717) is 26.3 Å². The summed E-state index contributed by atoms with van der Waals surface area (Å²) in [4.78, 5) is 18.9. The largest absolute Gasteiger partial charge is 0.384 e. The Kier molecular flexibility index (Phi) is 3.92. The molecule has 0 unspecified atom stereocenters. The lowest BCUT2D eigenvalue weighted by Gasteiger charge is -2.08. The van der Waals surface area contributed by atoms with Crippen molar-refractivity contribution in [2.75, 3.05) is 0 Å². The van der Waals surface area contributed by atoms with E-state index in [1.165, 1.54) is 17.8 Å². The Labute approximate surface area is 118 Å². The molecule has 0 saturated heterocycles. The summed E-state index contributed by atoms with van der Waals surface area (Å²) < 4.78 is 0. The van der Waals surface area contributed by atoms with Gasteiger partial charge < -0.3 is 10.7 Å². The Morgan fingerprint density at radius 2 is 2.21 bits per heavy atom. The third-order valence-corrected chi connectivity index (χ3v) is 3.47.